The van der Waals surface area contributed by atoms with Crippen LogP contribution < -0.4 is 0 Å². The molecule has 2 aromatic heterocycles. The average molecular weight is 418 g/mol. The highest BCUT2D eigenvalue weighted by molar-refractivity contribution is 7.99. The minimum atomic E-state index is -0.325. The van der Waals surface area contributed by atoms with Gasteiger partial charge in [-0.25, -0.2) is 0 Å². The van der Waals surface area contributed by atoms with Crippen molar-refractivity contribution < 1.29 is 15.0 Å². The van der Waals surface area contributed by atoms with Crippen molar-refractivity contribution in [3.8, 4) is 28.6 Å². The van der Waals surface area contributed by atoms with Crippen LogP contribution in [0.4, 0.5) is 0 Å². The van der Waals surface area contributed by atoms with Gasteiger partial charge in [-0.05, 0) is 49.4 Å². The molecule has 2 aromatic carbocycles. The van der Waals surface area contributed by atoms with Gasteiger partial charge in [0.1, 0.15) is 0 Å². The summed E-state index contributed by atoms with van der Waals surface area (Å²) in [5, 5.41) is 28.3. The summed E-state index contributed by atoms with van der Waals surface area (Å²) >= 11 is 1.25. The van der Waals surface area contributed by atoms with Crippen LogP contribution in [0.3, 0.4) is 0 Å². The molecule has 0 aliphatic rings. The van der Waals surface area contributed by atoms with Crippen LogP contribution in [-0.2, 0) is 0 Å². The van der Waals surface area contributed by atoms with Gasteiger partial charge in [0.2, 0.25) is 0 Å². The lowest BCUT2D eigenvalue weighted by atomic mass is 10.1. The molecule has 4 rings (SSSR count). The molecule has 4 aromatic rings. The second-order valence-electron chi connectivity index (χ2n) is 6.63. The molecule has 0 spiro atoms. The zero-order valence-electron chi connectivity index (χ0n) is 16.1. The van der Waals surface area contributed by atoms with E-state index < -0.39 is 0 Å². The highest BCUT2D eigenvalue weighted by Crippen LogP contribution is 2.29. The molecular formula is C22H18N4O3S. The van der Waals surface area contributed by atoms with Gasteiger partial charge >= 0.3 is 0 Å². The highest BCUT2D eigenvalue weighted by Gasteiger charge is 2.18. The number of nitrogens with zero attached hydrogens (tertiary/aromatic N) is 4. The second-order valence-corrected chi connectivity index (χ2v) is 7.57. The number of thioether (sulfide) groups is 1. The molecule has 0 fully saturated rings. The Labute approximate surface area is 177 Å². The summed E-state index contributed by atoms with van der Waals surface area (Å²) < 4.78 is 1.90. The normalized spacial score (nSPS) is 10.8. The van der Waals surface area contributed by atoms with Crippen LogP contribution in [0, 0.1) is 6.92 Å². The van der Waals surface area contributed by atoms with Gasteiger partial charge in [0.05, 0.1) is 5.75 Å². The first kappa shape index (κ1) is 19.7. The number of pyridine rings is 1. The highest BCUT2D eigenvalue weighted by atomic mass is 32.2. The molecule has 0 saturated heterocycles. The lowest BCUT2D eigenvalue weighted by Crippen LogP contribution is -2.05. The summed E-state index contributed by atoms with van der Waals surface area (Å²) in [6.45, 7) is 2.01. The van der Waals surface area contributed by atoms with Crippen LogP contribution in [0.2, 0.25) is 0 Å². The number of aryl methyl sites for hydroxylation is 1. The zero-order chi connectivity index (χ0) is 21.1. The van der Waals surface area contributed by atoms with E-state index in [4.69, 9.17) is 0 Å². The van der Waals surface area contributed by atoms with Crippen LogP contribution in [0.25, 0.3) is 17.1 Å². The van der Waals surface area contributed by atoms with E-state index in [2.05, 4.69) is 15.2 Å². The van der Waals surface area contributed by atoms with E-state index >= 15 is 0 Å². The Kier molecular flexibility index (Phi) is 5.49. The minimum Gasteiger partial charge on any atom is -0.504 e. The maximum atomic E-state index is 12.6. The van der Waals surface area contributed by atoms with Crippen molar-refractivity contribution >= 4 is 17.5 Å². The average Bonchev–Trinajstić information content (AvgIpc) is 3.19. The molecule has 0 amide bonds. The second kappa shape index (κ2) is 8.38. The first-order valence-electron chi connectivity index (χ1n) is 9.14. The number of carbonyl (C=O) groups is 1. The molecule has 2 heterocycles. The molecule has 0 bridgehead atoms. The smallest absolute Gasteiger partial charge is 0.196 e. The summed E-state index contributed by atoms with van der Waals surface area (Å²) in [5.41, 5.74) is 3.19. The van der Waals surface area contributed by atoms with E-state index in [1.165, 1.54) is 30.0 Å². The van der Waals surface area contributed by atoms with Gasteiger partial charge in [-0.1, -0.05) is 29.5 Å². The van der Waals surface area contributed by atoms with E-state index in [0.717, 1.165) is 16.8 Å². The van der Waals surface area contributed by atoms with Crippen molar-refractivity contribution in [2.75, 3.05) is 5.75 Å². The van der Waals surface area contributed by atoms with Crippen LogP contribution in [0.1, 0.15) is 15.9 Å². The van der Waals surface area contributed by atoms with Gasteiger partial charge in [-0.2, -0.15) is 0 Å². The van der Waals surface area contributed by atoms with Crippen LogP contribution in [0.15, 0.2) is 72.1 Å². The molecule has 0 unspecified atom stereocenters. The van der Waals surface area contributed by atoms with Gasteiger partial charge in [-0.3, -0.25) is 14.3 Å². The monoisotopic (exact) mass is 418 g/mol. The van der Waals surface area contributed by atoms with E-state index in [1.807, 2.05) is 47.9 Å². The van der Waals surface area contributed by atoms with Crippen molar-refractivity contribution in [2.45, 2.75) is 12.1 Å². The van der Waals surface area contributed by atoms with Crippen LogP contribution in [-0.4, -0.2) is 41.5 Å². The first-order valence-corrected chi connectivity index (χ1v) is 10.1. The van der Waals surface area contributed by atoms with Gasteiger partial charge in [0.25, 0.3) is 0 Å². The zero-order valence-corrected chi connectivity index (χ0v) is 16.9. The summed E-state index contributed by atoms with van der Waals surface area (Å²) in [5.74, 6) is -0.0310. The van der Waals surface area contributed by atoms with Crippen LogP contribution in [0.5, 0.6) is 11.5 Å². The Balaban J connectivity index is 1.66. The lowest BCUT2D eigenvalue weighted by Gasteiger charge is -2.10. The van der Waals surface area contributed by atoms with Crippen molar-refractivity contribution in [3.63, 3.8) is 0 Å². The van der Waals surface area contributed by atoms with Crippen molar-refractivity contribution in [3.05, 3.63) is 78.1 Å². The molecule has 0 radical (unpaired) electrons. The SMILES string of the molecule is Cc1ccc(-n2c(SCC(=O)c3ccc(O)c(O)c3)nnc2-c2ccncc2)cc1. The third kappa shape index (κ3) is 4.04. The van der Waals surface area contributed by atoms with Crippen molar-refractivity contribution in [1.82, 2.24) is 19.7 Å². The number of Topliss-reactive ketones (excluding diaryl/α,β-unsaturated/α-hetero) is 1. The predicted molar refractivity (Wildman–Crippen MR) is 114 cm³/mol. The van der Waals surface area contributed by atoms with Gasteiger partial charge in [0.15, 0.2) is 28.3 Å². The molecule has 7 nitrogen and oxygen atoms in total. The fraction of sp³-hybridized carbons (Fsp3) is 0.0909. The molecule has 8 heteroatoms. The Morgan fingerprint density at radius 2 is 1.70 bits per heavy atom. The molecule has 30 heavy (non-hydrogen) atoms. The number of phenolic OH excluding ortho intramolecular Hbond substituents is 2. The lowest BCUT2D eigenvalue weighted by molar-refractivity contribution is 0.102. The van der Waals surface area contributed by atoms with Crippen molar-refractivity contribution in [1.29, 1.82) is 0 Å². The molecule has 0 saturated carbocycles. The Hall–Kier alpha value is -3.65. The van der Waals surface area contributed by atoms with Gasteiger partial charge in [0, 0.05) is 29.2 Å². The maximum absolute atomic E-state index is 12.6. The molecular weight excluding hydrogens is 400 g/mol. The fourth-order valence-corrected chi connectivity index (χ4v) is 3.73. The number of rotatable bonds is 6. The maximum Gasteiger partial charge on any atom is 0.196 e. The van der Waals surface area contributed by atoms with E-state index in [1.54, 1.807) is 12.4 Å². The summed E-state index contributed by atoms with van der Waals surface area (Å²) in [4.78, 5) is 16.6. The van der Waals surface area contributed by atoms with Crippen LogP contribution >= 0.6 is 11.8 Å². The van der Waals surface area contributed by atoms with E-state index in [0.29, 0.717) is 16.5 Å². The van der Waals surface area contributed by atoms with Crippen molar-refractivity contribution in [2.24, 2.45) is 0 Å². The molecule has 150 valence electrons. The molecule has 2 N–H and O–H groups in total. The minimum absolute atomic E-state index is 0.102. The number of aromatic hydroxyl groups is 2. The fourth-order valence-electron chi connectivity index (χ4n) is 2.89. The predicted octanol–water partition coefficient (Wildman–Crippen LogP) is 4.02. The topological polar surface area (TPSA) is 101 Å². The number of hydrogen-bond donors (Lipinski definition) is 2. The number of carbonyl (C=O) groups excluding carboxylic acids is 1. The quantitative estimate of drug-likeness (QED) is 0.277. The number of phenols is 2. The molecule has 0 atom stereocenters. The Morgan fingerprint density at radius 1 is 0.967 bits per heavy atom. The summed E-state index contributed by atoms with van der Waals surface area (Å²) in [6.07, 6.45) is 3.38. The third-order valence-corrected chi connectivity index (χ3v) is 5.42. The Morgan fingerprint density at radius 3 is 2.40 bits per heavy atom. The standard InChI is InChI=1S/C22H18N4O3S/c1-14-2-5-17(6-3-14)26-21(15-8-10-23-11-9-15)24-25-22(26)30-13-20(29)16-4-7-18(27)19(28)12-16/h2-12,27-28H,13H2,1H3. The summed E-state index contributed by atoms with van der Waals surface area (Å²) in [7, 11) is 0. The van der Waals surface area contributed by atoms with E-state index in [9.17, 15) is 15.0 Å². The number of ketones is 1. The van der Waals surface area contributed by atoms with E-state index in [-0.39, 0.29) is 23.0 Å². The largest absolute Gasteiger partial charge is 0.504 e. The number of aromatic nitrogens is 4. The molecule has 0 aliphatic heterocycles. The number of benzene rings is 2. The number of hydrogen-bond acceptors (Lipinski definition) is 7. The molecule has 0 aliphatic carbocycles. The van der Waals surface area contributed by atoms with Gasteiger partial charge < -0.3 is 10.2 Å². The van der Waals surface area contributed by atoms with Gasteiger partial charge in [-0.15, -0.1) is 10.2 Å². The Bertz CT molecular complexity index is 1190. The summed E-state index contributed by atoms with van der Waals surface area (Å²) in [6, 6.07) is 15.7. The first-order chi connectivity index (χ1) is 14.5. The third-order valence-electron chi connectivity index (χ3n) is 4.49.